The fraction of sp³-hybridized carbons (Fsp3) is 0.0312. The molecule has 5 aliphatic rings. The molecule has 0 amide bonds. The Labute approximate surface area is 389 Å². The van der Waals surface area contributed by atoms with Gasteiger partial charge in [0.05, 0.1) is 6.04 Å². The highest BCUT2D eigenvalue weighted by Crippen LogP contribution is 2.48. The minimum atomic E-state index is -0.00404. The molecule has 7 aromatic carbocycles. The van der Waals surface area contributed by atoms with Crippen LogP contribution in [0.2, 0.25) is 0 Å². The van der Waals surface area contributed by atoms with Gasteiger partial charge in [-0.05, 0) is 133 Å². The van der Waals surface area contributed by atoms with Gasteiger partial charge in [-0.25, -0.2) is 0 Å². The standard InChI is InChI=1S/C64H41NS/c1-2-4-20-43(19-3-1)62-54-25-10-12-27-56(54)63(57-28-13-11-26-55(57)62)44-31-35-48(36-32-44)65-49-37-33-45(52-23-9-14-29-58-53-24-15-16-30-61(53)66-64(52)58)39-47(40-49)59-41-46(34-38-60(59)65)51-22-8-6-18-42-17-5-7-21-50(42)51/h1-8,10-19,21,23-41,49H,9H2. The smallest absolute Gasteiger partial charge is 0.0718 e. The molecule has 0 saturated heterocycles. The molecule has 2 bridgehead atoms. The van der Waals surface area contributed by atoms with Crippen molar-refractivity contribution >= 4 is 88.8 Å². The molecule has 1 atom stereocenters. The van der Waals surface area contributed by atoms with E-state index in [-0.39, 0.29) is 6.04 Å². The van der Waals surface area contributed by atoms with Gasteiger partial charge in [0, 0.05) is 54.2 Å². The molecule has 2 heteroatoms. The molecule has 4 aliphatic carbocycles. The van der Waals surface area contributed by atoms with Gasteiger partial charge in [-0.2, -0.15) is 0 Å². The average molecular weight is 856 g/mol. The van der Waals surface area contributed by atoms with Crippen LogP contribution in [0, 0.1) is 0 Å². The molecule has 66 heavy (non-hydrogen) atoms. The highest BCUT2D eigenvalue weighted by atomic mass is 32.1. The van der Waals surface area contributed by atoms with E-state index in [0.717, 1.165) is 28.8 Å². The van der Waals surface area contributed by atoms with E-state index < -0.39 is 0 Å². The van der Waals surface area contributed by atoms with Crippen LogP contribution in [0.1, 0.15) is 44.7 Å². The van der Waals surface area contributed by atoms with Crippen molar-refractivity contribution in [3.63, 3.8) is 0 Å². The van der Waals surface area contributed by atoms with E-state index in [1.54, 1.807) is 0 Å². The average Bonchev–Trinajstić information content (AvgIpc) is 3.73. The molecule has 1 unspecified atom stereocenters. The second-order valence-electron chi connectivity index (χ2n) is 17.3. The molecule has 1 aliphatic heterocycles. The van der Waals surface area contributed by atoms with E-state index in [1.807, 2.05) is 29.6 Å². The Morgan fingerprint density at radius 2 is 1.29 bits per heavy atom. The van der Waals surface area contributed by atoms with Crippen molar-refractivity contribution in [2.75, 3.05) is 4.90 Å². The monoisotopic (exact) mass is 855 g/mol. The largest absolute Gasteiger partial charge is 0.330 e. The summed E-state index contributed by atoms with van der Waals surface area (Å²) in [5, 5.41) is 6.24. The molecule has 1 aromatic heterocycles. The van der Waals surface area contributed by atoms with Crippen molar-refractivity contribution in [3.05, 3.63) is 274 Å². The first-order valence-electron chi connectivity index (χ1n) is 22.8. The molecule has 0 radical (unpaired) electrons. The van der Waals surface area contributed by atoms with Crippen LogP contribution in [0.15, 0.2) is 236 Å². The van der Waals surface area contributed by atoms with Crippen LogP contribution in [0.5, 0.6) is 0 Å². The molecule has 308 valence electrons. The maximum absolute atomic E-state index is 3.65. The summed E-state index contributed by atoms with van der Waals surface area (Å²) in [5.41, 5.74) is 25.2. The van der Waals surface area contributed by atoms with E-state index in [2.05, 4.69) is 229 Å². The molecule has 0 spiro atoms. The Kier molecular flexibility index (Phi) is 9.15. The number of allylic oxidation sites excluding steroid dienone is 14. The van der Waals surface area contributed by atoms with Crippen LogP contribution in [-0.4, -0.2) is 6.04 Å². The Hall–Kier alpha value is -8.22. The number of hydrogen-bond donors (Lipinski definition) is 0. The predicted octanol–water partition coefficient (Wildman–Crippen LogP) is 17.1. The lowest BCUT2D eigenvalue weighted by molar-refractivity contribution is 0.932. The molecule has 1 nitrogen and oxygen atoms in total. The maximum atomic E-state index is 3.65. The normalized spacial score (nSPS) is 16.7. The van der Waals surface area contributed by atoms with Crippen LogP contribution in [0.3, 0.4) is 0 Å². The van der Waals surface area contributed by atoms with Crippen LogP contribution < -0.4 is 4.90 Å². The van der Waals surface area contributed by atoms with Crippen molar-refractivity contribution in [1.82, 2.24) is 0 Å². The summed E-state index contributed by atoms with van der Waals surface area (Å²) in [6.45, 7) is 0. The summed E-state index contributed by atoms with van der Waals surface area (Å²) < 4.78 is 1.32. The van der Waals surface area contributed by atoms with Gasteiger partial charge in [0.15, 0.2) is 0 Å². The molecular formula is C64H41NS. The number of hydrogen-bond acceptors (Lipinski definition) is 2. The minimum Gasteiger partial charge on any atom is -0.330 e. The Morgan fingerprint density at radius 3 is 2.12 bits per heavy atom. The van der Waals surface area contributed by atoms with Gasteiger partial charge in [-0.1, -0.05) is 170 Å². The van der Waals surface area contributed by atoms with Gasteiger partial charge in [-0.3, -0.25) is 0 Å². The van der Waals surface area contributed by atoms with Gasteiger partial charge in [-0.15, -0.1) is 22.8 Å². The number of nitrogens with zero attached hydrogens (tertiary/aromatic N) is 1. The summed E-state index contributed by atoms with van der Waals surface area (Å²) in [7, 11) is 0. The van der Waals surface area contributed by atoms with Gasteiger partial charge in [0.25, 0.3) is 0 Å². The van der Waals surface area contributed by atoms with Crippen LogP contribution >= 0.6 is 11.3 Å². The lowest BCUT2D eigenvalue weighted by atomic mass is 9.85. The van der Waals surface area contributed by atoms with Crippen molar-refractivity contribution in [3.8, 4) is 11.1 Å². The third-order valence-corrected chi connectivity index (χ3v) is 14.7. The van der Waals surface area contributed by atoms with Crippen LogP contribution in [0.25, 0.3) is 77.2 Å². The second-order valence-corrected chi connectivity index (χ2v) is 18.3. The topological polar surface area (TPSA) is 3.24 Å². The molecule has 2 heterocycles. The van der Waals surface area contributed by atoms with E-state index in [9.17, 15) is 0 Å². The predicted molar refractivity (Wildman–Crippen MR) is 284 cm³/mol. The molecule has 0 saturated carbocycles. The Morgan fingerprint density at radius 1 is 0.561 bits per heavy atom. The SMILES string of the molecule is C1=CC=Cc2ccccc2C=1c1ccc2c(c1)C1=CC(C=CC(C3=CCC=Cc4c3sc3ccccc43)=C1)N2c1ccc(-c2c3ccccc3c(C3=C=CC=CC=C3)c3ccccc23)cc1. The van der Waals surface area contributed by atoms with Crippen molar-refractivity contribution in [1.29, 1.82) is 0 Å². The Balaban J connectivity index is 0.960. The van der Waals surface area contributed by atoms with Crippen LogP contribution in [-0.2, 0) is 0 Å². The molecular weight excluding hydrogens is 815 g/mol. The van der Waals surface area contributed by atoms with Crippen molar-refractivity contribution in [2.45, 2.75) is 12.5 Å². The maximum Gasteiger partial charge on any atom is 0.0718 e. The lowest BCUT2D eigenvalue weighted by Gasteiger charge is -2.36. The van der Waals surface area contributed by atoms with Gasteiger partial charge >= 0.3 is 0 Å². The van der Waals surface area contributed by atoms with Crippen LogP contribution in [0.4, 0.5) is 11.4 Å². The fourth-order valence-electron chi connectivity index (χ4n) is 10.6. The summed E-state index contributed by atoms with van der Waals surface area (Å²) in [5.74, 6) is 0. The first-order valence-corrected chi connectivity index (χ1v) is 23.6. The van der Waals surface area contributed by atoms with E-state index in [4.69, 9.17) is 0 Å². The Bertz CT molecular complexity index is 3740. The van der Waals surface area contributed by atoms with E-state index in [0.29, 0.717) is 0 Å². The zero-order valence-electron chi connectivity index (χ0n) is 36.1. The molecule has 0 fully saturated rings. The van der Waals surface area contributed by atoms with E-state index >= 15 is 0 Å². The number of rotatable bonds is 5. The van der Waals surface area contributed by atoms with Gasteiger partial charge < -0.3 is 4.90 Å². The second kappa shape index (κ2) is 15.8. The molecule has 8 aromatic rings. The third-order valence-electron chi connectivity index (χ3n) is 13.5. The number of fused-ring (bicyclic) bond motifs is 9. The molecule has 13 rings (SSSR count). The lowest BCUT2D eigenvalue weighted by Crippen LogP contribution is -2.31. The zero-order chi connectivity index (χ0) is 43.6. The van der Waals surface area contributed by atoms with Gasteiger partial charge in [0.2, 0.25) is 0 Å². The highest BCUT2D eigenvalue weighted by Gasteiger charge is 2.30. The fourth-order valence-corrected chi connectivity index (χ4v) is 11.8. The highest BCUT2D eigenvalue weighted by molar-refractivity contribution is 7.20. The van der Waals surface area contributed by atoms with E-state index in [1.165, 1.54) is 97.9 Å². The quantitative estimate of drug-likeness (QED) is 0.123. The number of anilines is 2. The number of thiophene rings is 1. The number of benzene rings is 7. The summed E-state index contributed by atoms with van der Waals surface area (Å²) in [6, 6.07) is 51.5. The minimum absolute atomic E-state index is 0.00404. The molecule has 0 N–H and O–H groups in total. The summed E-state index contributed by atoms with van der Waals surface area (Å²) >= 11 is 1.90. The summed E-state index contributed by atoms with van der Waals surface area (Å²) in [6.07, 6.45) is 34.3. The van der Waals surface area contributed by atoms with Gasteiger partial charge in [0.1, 0.15) is 0 Å². The third kappa shape index (κ3) is 6.32. The first-order chi connectivity index (χ1) is 32.7. The van der Waals surface area contributed by atoms with Crippen molar-refractivity contribution in [2.24, 2.45) is 0 Å². The first kappa shape index (κ1) is 38.3. The zero-order valence-corrected chi connectivity index (χ0v) is 36.9. The van der Waals surface area contributed by atoms with Crippen molar-refractivity contribution < 1.29 is 0 Å². The summed E-state index contributed by atoms with van der Waals surface area (Å²) in [4.78, 5) is 3.85.